The minimum Gasteiger partial charge on any atom is -0.505 e. The molecule has 32 heavy (non-hydrogen) atoms. The van der Waals surface area contributed by atoms with Crippen molar-refractivity contribution in [3.63, 3.8) is 0 Å². The lowest BCUT2D eigenvalue weighted by molar-refractivity contribution is -0.272. The molecule has 3 atom stereocenters. The number of alkyl halides is 3. The number of anilines is 1. The normalized spacial score (nSPS) is 23.2. The maximum atomic E-state index is 14.5. The smallest absolute Gasteiger partial charge is 0.419 e. The molecule has 5 nitrogen and oxygen atoms in total. The second-order valence-corrected chi connectivity index (χ2v) is 8.26. The minimum atomic E-state index is -5.01. The van der Waals surface area contributed by atoms with Crippen molar-refractivity contribution in [2.75, 3.05) is 5.32 Å². The Kier molecular flexibility index (Phi) is 5.20. The second kappa shape index (κ2) is 7.51. The number of hydrogen-bond acceptors (Lipinski definition) is 4. The van der Waals surface area contributed by atoms with Crippen LogP contribution in [0.1, 0.15) is 48.4 Å². The molecule has 0 saturated heterocycles. The summed E-state index contributed by atoms with van der Waals surface area (Å²) in [4.78, 5) is 14.2. The number of hydrogen-bond donors (Lipinski definition) is 4. The van der Waals surface area contributed by atoms with Gasteiger partial charge >= 0.3 is 6.18 Å². The third-order valence-corrected chi connectivity index (χ3v) is 6.30. The van der Waals surface area contributed by atoms with Crippen LogP contribution in [0.4, 0.5) is 23.2 Å². The van der Waals surface area contributed by atoms with Crippen LogP contribution in [0.5, 0.6) is 5.75 Å². The number of nitrogens with one attached hydrogen (secondary N) is 2. The number of pyridine rings is 1. The number of phenols is 1. The van der Waals surface area contributed by atoms with Crippen molar-refractivity contribution >= 4 is 16.6 Å². The third kappa shape index (κ3) is 3.31. The van der Waals surface area contributed by atoms with E-state index in [2.05, 4.69) is 10.3 Å². The summed E-state index contributed by atoms with van der Waals surface area (Å²) in [6.45, 7) is 2.97. The first-order valence-electron chi connectivity index (χ1n) is 10.2. The Balaban J connectivity index is 1.97. The monoisotopic (exact) mass is 450 g/mol. The Morgan fingerprint density at radius 2 is 1.97 bits per heavy atom. The molecule has 4 N–H and O–H groups in total. The van der Waals surface area contributed by atoms with Gasteiger partial charge in [-0.1, -0.05) is 19.1 Å². The van der Waals surface area contributed by atoms with E-state index >= 15 is 0 Å². The number of phenolic OH excluding ortho intramolecular Hbond substituents is 1. The zero-order valence-corrected chi connectivity index (χ0v) is 17.3. The molecule has 0 radical (unpaired) electrons. The molecule has 0 spiro atoms. The van der Waals surface area contributed by atoms with E-state index in [0.717, 1.165) is 0 Å². The van der Waals surface area contributed by atoms with Gasteiger partial charge in [0.1, 0.15) is 0 Å². The van der Waals surface area contributed by atoms with Crippen LogP contribution < -0.4 is 10.9 Å². The molecule has 1 aliphatic rings. The number of aromatic amines is 1. The van der Waals surface area contributed by atoms with E-state index in [1.54, 1.807) is 19.1 Å². The highest BCUT2D eigenvalue weighted by molar-refractivity contribution is 5.91. The standard InChI is InChI=1S/C23H22F4N2O3/c1-3-12-10-22(32,23(25,26)27)21(14-9-11(2)19(24)20(31)18(12)14)29-16-6-4-5-15-13(16)7-8-17(30)28-15/h4-9,12,21,29,31-32H,3,10H2,1-2H3,(H,28,30)/t12-,21+,22+/m1/s1. The Labute approximate surface area is 180 Å². The minimum absolute atomic E-state index is 0.0132. The first-order valence-corrected chi connectivity index (χ1v) is 10.2. The van der Waals surface area contributed by atoms with Gasteiger partial charge in [-0.25, -0.2) is 4.39 Å². The third-order valence-electron chi connectivity index (χ3n) is 6.30. The summed E-state index contributed by atoms with van der Waals surface area (Å²) < 4.78 is 57.2. The first kappa shape index (κ1) is 22.1. The Bertz CT molecular complexity index is 1250. The predicted molar refractivity (Wildman–Crippen MR) is 112 cm³/mol. The zero-order valence-electron chi connectivity index (χ0n) is 17.3. The highest BCUT2D eigenvalue weighted by Crippen LogP contribution is 2.55. The molecule has 3 aromatic rings. The molecule has 0 amide bonds. The zero-order chi connectivity index (χ0) is 23.4. The van der Waals surface area contributed by atoms with Gasteiger partial charge < -0.3 is 20.5 Å². The van der Waals surface area contributed by atoms with Gasteiger partial charge in [-0.05, 0) is 55.0 Å². The van der Waals surface area contributed by atoms with E-state index < -0.39 is 41.7 Å². The molecule has 1 heterocycles. The van der Waals surface area contributed by atoms with Crippen molar-refractivity contribution in [2.24, 2.45) is 0 Å². The fourth-order valence-corrected chi connectivity index (χ4v) is 4.63. The summed E-state index contributed by atoms with van der Waals surface area (Å²) in [5.74, 6) is -2.47. The van der Waals surface area contributed by atoms with Gasteiger partial charge in [0, 0.05) is 22.7 Å². The lowest BCUT2D eigenvalue weighted by Gasteiger charge is -2.46. The van der Waals surface area contributed by atoms with E-state index in [0.29, 0.717) is 10.9 Å². The van der Waals surface area contributed by atoms with Gasteiger partial charge in [0.25, 0.3) is 0 Å². The molecule has 4 rings (SSSR count). The molecule has 0 saturated carbocycles. The van der Waals surface area contributed by atoms with Gasteiger partial charge in [0.05, 0.1) is 11.6 Å². The highest BCUT2D eigenvalue weighted by Gasteiger charge is 2.62. The molecule has 0 aliphatic heterocycles. The largest absolute Gasteiger partial charge is 0.505 e. The number of benzene rings is 2. The van der Waals surface area contributed by atoms with Gasteiger partial charge in [0.15, 0.2) is 17.2 Å². The number of halogens is 4. The summed E-state index contributed by atoms with van der Waals surface area (Å²) in [6.07, 6.45) is -5.58. The van der Waals surface area contributed by atoms with Crippen molar-refractivity contribution < 1.29 is 27.8 Å². The number of aliphatic hydroxyl groups is 1. The van der Waals surface area contributed by atoms with Crippen molar-refractivity contribution in [3.05, 3.63) is 69.3 Å². The molecule has 1 aliphatic carbocycles. The van der Waals surface area contributed by atoms with E-state index in [9.17, 15) is 32.6 Å². The van der Waals surface area contributed by atoms with E-state index in [4.69, 9.17) is 0 Å². The summed E-state index contributed by atoms with van der Waals surface area (Å²) in [6, 6.07) is 6.92. The summed E-state index contributed by atoms with van der Waals surface area (Å²) in [5.41, 5.74) is -2.88. The molecule has 0 unspecified atom stereocenters. The fraction of sp³-hybridized carbons (Fsp3) is 0.348. The maximum absolute atomic E-state index is 14.5. The van der Waals surface area contributed by atoms with Gasteiger partial charge in [0.2, 0.25) is 5.56 Å². The van der Waals surface area contributed by atoms with Gasteiger partial charge in [-0.3, -0.25) is 4.79 Å². The van der Waals surface area contributed by atoms with Crippen molar-refractivity contribution in [1.82, 2.24) is 4.98 Å². The molecule has 2 aromatic carbocycles. The van der Waals surface area contributed by atoms with Crippen LogP contribution in [-0.4, -0.2) is 27.0 Å². The number of aromatic nitrogens is 1. The van der Waals surface area contributed by atoms with Crippen LogP contribution >= 0.6 is 0 Å². The fourth-order valence-electron chi connectivity index (χ4n) is 4.63. The topological polar surface area (TPSA) is 85.4 Å². The molecular weight excluding hydrogens is 428 g/mol. The molecule has 1 aromatic heterocycles. The first-order chi connectivity index (χ1) is 15.0. The molecule has 0 bridgehead atoms. The second-order valence-electron chi connectivity index (χ2n) is 8.26. The maximum Gasteiger partial charge on any atom is 0.419 e. The average Bonchev–Trinajstić information content (AvgIpc) is 2.72. The Morgan fingerprint density at radius 3 is 2.62 bits per heavy atom. The Morgan fingerprint density at radius 1 is 1.25 bits per heavy atom. The van der Waals surface area contributed by atoms with Crippen molar-refractivity contribution in [1.29, 1.82) is 0 Å². The average molecular weight is 450 g/mol. The molecule has 0 fully saturated rings. The van der Waals surface area contributed by atoms with Crippen LogP contribution in [0.25, 0.3) is 10.9 Å². The highest BCUT2D eigenvalue weighted by atomic mass is 19.4. The lowest BCUT2D eigenvalue weighted by atomic mass is 9.68. The number of aryl methyl sites for hydroxylation is 1. The van der Waals surface area contributed by atoms with E-state index in [1.807, 2.05) is 0 Å². The van der Waals surface area contributed by atoms with Gasteiger partial charge in [-0.2, -0.15) is 13.2 Å². The summed E-state index contributed by atoms with van der Waals surface area (Å²) in [7, 11) is 0. The molecule has 170 valence electrons. The van der Waals surface area contributed by atoms with E-state index in [1.165, 1.54) is 31.2 Å². The van der Waals surface area contributed by atoms with Gasteiger partial charge in [-0.15, -0.1) is 0 Å². The van der Waals surface area contributed by atoms with Crippen LogP contribution in [-0.2, 0) is 0 Å². The number of fused-ring (bicyclic) bond motifs is 2. The summed E-state index contributed by atoms with van der Waals surface area (Å²) in [5, 5.41) is 24.7. The van der Waals surface area contributed by atoms with Crippen molar-refractivity contribution in [2.45, 2.75) is 50.4 Å². The van der Waals surface area contributed by atoms with Crippen LogP contribution in [0.15, 0.2) is 41.2 Å². The quantitative estimate of drug-likeness (QED) is 0.422. The number of rotatable bonds is 3. The summed E-state index contributed by atoms with van der Waals surface area (Å²) >= 11 is 0. The van der Waals surface area contributed by atoms with Crippen LogP contribution in [0, 0.1) is 12.7 Å². The van der Waals surface area contributed by atoms with Crippen LogP contribution in [0.2, 0.25) is 0 Å². The number of H-pyrrole nitrogens is 1. The molecule has 9 heteroatoms. The number of aromatic hydroxyl groups is 1. The van der Waals surface area contributed by atoms with Crippen LogP contribution in [0.3, 0.4) is 0 Å². The predicted octanol–water partition coefficient (Wildman–Crippen LogP) is 5.03. The molecular formula is C23H22F4N2O3. The SMILES string of the molecule is CC[C@@H]1C[C@@](O)(C(F)(F)F)[C@@H](Nc2cccc3[nH]c(=O)ccc23)c2cc(C)c(F)c(O)c21. The lowest BCUT2D eigenvalue weighted by Crippen LogP contribution is -2.55. The van der Waals surface area contributed by atoms with Crippen molar-refractivity contribution in [3.8, 4) is 5.75 Å². The van der Waals surface area contributed by atoms with E-state index in [-0.39, 0.29) is 34.4 Å². The Hall–Kier alpha value is -3.07.